The Morgan fingerprint density at radius 3 is 1.62 bits per heavy atom. The minimum absolute atomic E-state index is 0.174. The molecule has 0 saturated carbocycles. The van der Waals surface area contributed by atoms with Crippen molar-refractivity contribution in [2.45, 2.75) is 20.0 Å². The Hall–Kier alpha value is -2.50. The molecule has 5 nitrogen and oxygen atoms in total. The van der Waals surface area contributed by atoms with E-state index in [1.165, 1.54) is 16.0 Å². The molecule has 29 heavy (non-hydrogen) atoms. The molecule has 0 aliphatic carbocycles. The molecule has 0 unspecified atom stereocenters. The quantitative estimate of drug-likeness (QED) is 0.509. The SMILES string of the molecule is CC[N+](C)(C)Cc1ccc(C[N+](C)(C)CCN2C(=O)c3ccccc3C2=O)cc1. The summed E-state index contributed by atoms with van der Waals surface area (Å²) in [6.45, 7) is 6.34. The predicted octanol–water partition coefficient (Wildman–Crippen LogP) is 3.16. The third kappa shape index (κ3) is 4.92. The normalized spacial score (nSPS) is 14.4. The van der Waals surface area contributed by atoms with Gasteiger partial charge in [0.25, 0.3) is 11.8 Å². The fourth-order valence-electron chi connectivity index (χ4n) is 3.74. The highest BCUT2D eigenvalue weighted by Gasteiger charge is 2.36. The number of rotatable bonds is 8. The van der Waals surface area contributed by atoms with E-state index >= 15 is 0 Å². The Balaban J connectivity index is 1.59. The number of hydrogen-bond acceptors (Lipinski definition) is 2. The predicted molar refractivity (Wildman–Crippen MR) is 115 cm³/mol. The molecule has 0 atom stereocenters. The van der Waals surface area contributed by atoms with Crippen LogP contribution in [-0.4, -0.2) is 73.5 Å². The number of hydrogen-bond donors (Lipinski definition) is 0. The summed E-state index contributed by atoms with van der Waals surface area (Å²) in [5, 5.41) is 0. The van der Waals surface area contributed by atoms with Crippen LogP contribution >= 0.6 is 0 Å². The molecule has 0 spiro atoms. The van der Waals surface area contributed by atoms with Crippen LogP contribution in [0.1, 0.15) is 38.8 Å². The average molecular weight is 396 g/mol. The zero-order valence-corrected chi connectivity index (χ0v) is 18.3. The highest BCUT2D eigenvalue weighted by molar-refractivity contribution is 6.21. The van der Waals surface area contributed by atoms with Gasteiger partial charge in [-0.05, 0) is 19.1 Å². The van der Waals surface area contributed by atoms with Crippen LogP contribution in [0.25, 0.3) is 0 Å². The number of nitrogens with zero attached hydrogens (tertiary/aromatic N) is 3. The molecule has 1 heterocycles. The van der Waals surface area contributed by atoms with Crippen molar-refractivity contribution in [2.75, 3.05) is 47.8 Å². The van der Waals surface area contributed by atoms with Crippen molar-refractivity contribution in [2.24, 2.45) is 0 Å². The minimum Gasteiger partial charge on any atom is -0.325 e. The lowest BCUT2D eigenvalue weighted by molar-refractivity contribution is -0.902. The average Bonchev–Trinajstić information content (AvgIpc) is 2.92. The number of likely N-dealkylation sites (N-methyl/N-ethyl adjacent to an activating group) is 1. The van der Waals surface area contributed by atoms with E-state index in [9.17, 15) is 9.59 Å². The third-order valence-electron chi connectivity index (χ3n) is 5.91. The highest BCUT2D eigenvalue weighted by Crippen LogP contribution is 2.22. The van der Waals surface area contributed by atoms with Crippen molar-refractivity contribution in [1.29, 1.82) is 0 Å². The molecule has 5 heteroatoms. The zero-order valence-electron chi connectivity index (χ0n) is 18.3. The summed E-state index contributed by atoms with van der Waals surface area (Å²) >= 11 is 0. The molecule has 2 aromatic rings. The van der Waals surface area contributed by atoms with E-state index in [0.29, 0.717) is 28.7 Å². The first-order valence-corrected chi connectivity index (χ1v) is 10.3. The highest BCUT2D eigenvalue weighted by atomic mass is 16.2. The fourth-order valence-corrected chi connectivity index (χ4v) is 3.74. The Bertz CT molecular complexity index is 866. The van der Waals surface area contributed by atoms with Gasteiger partial charge in [-0.3, -0.25) is 14.5 Å². The number of imide groups is 1. The maximum Gasteiger partial charge on any atom is 0.261 e. The van der Waals surface area contributed by atoms with E-state index in [2.05, 4.69) is 59.4 Å². The van der Waals surface area contributed by atoms with Gasteiger partial charge in [0.2, 0.25) is 0 Å². The van der Waals surface area contributed by atoms with Crippen LogP contribution in [0.2, 0.25) is 0 Å². The van der Waals surface area contributed by atoms with Crippen LogP contribution in [0, 0.1) is 0 Å². The Morgan fingerprint density at radius 2 is 1.17 bits per heavy atom. The van der Waals surface area contributed by atoms with Crippen molar-refractivity contribution in [1.82, 2.24) is 4.90 Å². The van der Waals surface area contributed by atoms with Crippen LogP contribution < -0.4 is 0 Å². The first kappa shape index (κ1) is 21.2. The van der Waals surface area contributed by atoms with Crippen molar-refractivity contribution in [3.63, 3.8) is 0 Å². The summed E-state index contributed by atoms with van der Waals surface area (Å²) in [5.41, 5.74) is 3.65. The maximum atomic E-state index is 12.6. The lowest BCUT2D eigenvalue weighted by atomic mass is 10.1. The summed E-state index contributed by atoms with van der Waals surface area (Å²) in [5.74, 6) is -0.349. The van der Waals surface area contributed by atoms with E-state index in [1.807, 2.05) is 0 Å². The first-order chi connectivity index (χ1) is 13.6. The molecule has 1 aliphatic rings. The van der Waals surface area contributed by atoms with Gasteiger partial charge in [0, 0.05) is 11.1 Å². The summed E-state index contributed by atoms with van der Waals surface area (Å²) in [7, 11) is 8.77. The number of carbonyl (C=O) groups excluding carboxylic acids is 2. The molecule has 154 valence electrons. The van der Waals surface area contributed by atoms with Gasteiger partial charge >= 0.3 is 0 Å². The lowest BCUT2D eigenvalue weighted by Crippen LogP contribution is -2.46. The van der Waals surface area contributed by atoms with Crippen LogP contribution in [0.3, 0.4) is 0 Å². The van der Waals surface area contributed by atoms with Gasteiger partial charge in [-0.1, -0.05) is 36.4 Å². The molecule has 0 saturated heterocycles. The van der Waals surface area contributed by atoms with E-state index in [0.717, 1.165) is 24.1 Å². The molecular formula is C24H33N3O2+2. The number of carbonyl (C=O) groups is 2. The van der Waals surface area contributed by atoms with Crippen molar-refractivity contribution < 1.29 is 18.6 Å². The molecule has 1 aliphatic heterocycles. The second-order valence-corrected chi connectivity index (χ2v) is 9.35. The van der Waals surface area contributed by atoms with E-state index in [-0.39, 0.29) is 11.8 Å². The van der Waals surface area contributed by atoms with Crippen LogP contribution in [0.15, 0.2) is 48.5 Å². The molecule has 0 fully saturated rings. The Labute approximate surface area is 174 Å². The first-order valence-electron chi connectivity index (χ1n) is 10.3. The van der Waals surface area contributed by atoms with E-state index in [1.54, 1.807) is 24.3 Å². The van der Waals surface area contributed by atoms with E-state index < -0.39 is 0 Å². The molecule has 2 aromatic carbocycles. The summed E-state index contributed by atoms with van der Waals surface area (Å²) in [6.07, 6.45) is 0. The van der Waals surface area contributed by atoms with Gasteiger partial charge in [-0.25, -0.2) is 0 Å². The molecule has 0 bridgehead atoms. The third-order valence-corrected chi connectivity index (χ3v) is 5.91. The molecule has 2 amide bonds. The van der Waals surface area contributed by atoms with E-state index in [4.69, 9.17) is 0 Å². The summed E-state index contributed by atoms with van der Waals surface area (Å²) in [4.78, 5) is 26.5. The van der Waals surface area contributed by atoms with Crippen LogP contribution in [0.4, 0.5) is 0 Å². The van der Waals surface area contributed by atoms with Crippen molar-refractivity contribution in [3.8, 4) is 0 Å². The molecule has 0 N–H and O–H groups in total. The molecule has 0 radical (unpaired) electrons. The van der Waals surface area contributed by atoms with Gasteiger partial charge in [-0.2, -0.15) is 0 Å². The van der Waals surface area contributed by atoms with Crippen molar-refractivity contribution in [3.05, 3.63) is 70.8 Å². The van der Waals surface area contributed by atoms with Crippen LogP contribution in [0.5, 0.6) is 0 Å². The molecule has 3 rings (SSSR count). The number of amides is 2. The summed E-state index contributed by atoms with van der Waals surface area (Å²) < 4.78 is 1.68. The van der Waals surface area contributed by atoms with Gasteiger partial charge < -0.3 is 8.97 Å². The van der Waals surface area contributed by atoms with Gasteiger partial charge in [0.1, 0.15) is 13.1 Å². The molecular weight excluding hydrogens is 362 g/mol. The number of quaternary nitrogens is 2. The zero-order chi connectivity index (χ0) is 21.2. The number of benzene rings is 2. The van der Waals surface area contributed by atoms with Gasteiger partial charge in [0.15, 0.2) is 0 Å². The monoisotopic (exact) mass is 395 g/mol. The Morgan fingerprint density at radius 1 is 0.724 bits per heavy atom. The van der Waals surface area contributed by atoms with Crippen molar-refractivity contribution >= 4 is 11.8 Å². The second-order valence-electron chi connectivity index (χ2n) is 9.35. The fraction of sp³-hybridized carbons (Fsp3) is 0.417. The topological polar surface area (TPSA) is 37.4 Å². The lowest BCUT2D eigenvalue weighted by Gasteiger charge is -2.31. The Kier molecular flexibility index (Phi) is 5.92. The maximum absolute atomic E-state index is 12.6. The largest absolute Gasteiger partial charge is 0.325 e. The van der Waals surface area contributed by atoms with Crippen LogP contribution in [-0.2, 0) is 13.1 Å². The molecule has 0 aromatic heterocycles. The summed E-state index contributed by atoms with van der Waals surface area (Å²) in [6, 6.07) is 15.9. The second kappa shape index (κ2) is 8.09. The smallest absolute Gasteiger partial charge is 0.261 e. The minimum atomic E-state index is -0.174. The standard InChI is InChI=1S/C24H33N3O2/c1-6-26(2,3)17-19-11-13-20(14-12-19)18-27(4,5)16-15-25-23(28)21-9-7-8-10-22(21)24(25)29/h7-14H,6,15-18H2,1-5H3/q+2. The van der Waals surface area contributed by atoms with Gasteiger partial charge in [0.05, 0.1) is 59.0 Å². The van der Waals surface area contributed by atoms with Gasteiger partial charge in [-0.15, -0.1) is 0 Å². The number of fused-ring (bicyclic) bond motifs is 1.